The van der Waals surface area contributed by atoms with Crippen LogP contribution in [0.5, 0.6) is 0 Å². The van der Waals surface area contributed by atoms with Crippen LogP contribution in [0.15, 0.2) is 24.3 Å². The van der Waals surface area contributed by atoms with Crippen LogP contribution in [0.1, 0.15) is 15.9 Å². The van der Waals surface area contributed by atoms with Crippen molar-refractivity contribution in [3.63, 3.8) is 0 Å². The molecule has 0 saturated heterocycles. The second-order valence-electron chi connectivity index (χ2n) is 3.47. The second-order valence-corrected chi connectivity index (χ2v) is 3.47. The molecule has 0 fully saturated rings. The van der Waals surface area contributed by atoms with Crippen molar-refractivity contribution < 1.29 is 22.8 Å². The summed E-state index contributed by atoms with van der Waals surface area (Å²) in [5.41, 5.74) is 1.14. The average molecular weight is 245 g/mol. The molecular formula is C11H10F3NO2. The molecule has 0 saturated carbocycles. The highest BCUT2D eigenvalue weighted by molar-refractivity contribution is 5.97. The molecule has 6 heteroatoms. The molecule has 0 heterocycles. The van der Waals surface area contributed by atoms with Crippen LogP contribution < -0.4 is 5.32 Å². The number of alkyl halides is 3. The molecule has 1 rings (SSSR count). The van der Waals surface area contributed by atoms with E-state index in [0.717, 1.165) is 5.56 Å². The Morgan fingerprint density at radius 3 is 2.18 bits per heavy atom. The van der Waals surface area contributed by atoms with Gasteiger partial charge in [-0.05, 0) is 19.1 Å². The number of hydrogen-bond acceptors (Lipinski definition) is 2. The third-order valence-electron chi connectivity index (χ3n) is 2.04. The molecule has 0 aliphatic carbocycles. The maximum Gasteiger partial charge on any atom is 0.451 e. The normalized spacial score (nSPS) is 11.1. The van der Waals surface area contributed by atoms with Gasteiger partial charge < -0.3 is 5.32 Å². The maximum atomic E-state index is 11.9. The molecule has 1 N–H and O–H groups in total. The maximum absolute atomic E-state index is 11.9. The van der Waals surface area contributed by atoms with E-state index in [1.807, 2.05) is 12.2 Å². The smallest absolute Gasteiger partial charge is 0.345 e. The summed E-state index contributed by atoms with van der Waals surface area (Å²) < 4.78 is 35.6. The number of halogens is 3. The number of carbonyl (C=O) groups is 2. The zero-order chi connectivity index (χ0) is 13.1. The molecule has 0 spiro atoms. The molecular weight excluding hydrogens is 235 g/mol. The predicted octanol–water partition coefficient (Wildman–Crippen LogP) is 1.86. The molecule has 1 aromatic rings. The third-order valence-corrected chi connectivity index (χ3v) is 2.04. The summed E-state index contributed by atoms with van der Waals surface area (Å²) in [4.78, 5) is 21.9. The van der Waals surface area contributed by atoms with Gasteiger partial charge in [0, 0.05) is 5.56 Å². The van der Waals surface area contributed by atoms with E-state index in [4.69, 9.17) is 0 Å². The van der Waals surface area contributed by atoms with Gasteiger partial charge in [0.25, 0.3) is 11.7 Å². The Balaban J connectivity index is 2.56. The summed E-state index contributed by atoms with van der Waals surface area (Å²) in [5, 5.41) is 1.92. The summed E-state index contributed by atoms with van der Waals surface area (Å²) in [6.45, 7) is 0.769. The lowest BCUT2D eigenvalue weighted by atomic mass is 10.1. The Morgan fingerprint density at radius 1 is 1.18 bits per heavy atom. The first kappa shape index (κ1) is 13.2. The summed E-state index contributed by atoms with van der Waals surface area (Å²) in [6, 6.07) is 6.26. The second kappa shape index (κ2) is 4.99. The number of rotatable bonds is 3. The molecule has 0 bridgehead atoms. The molecule has 0 aromatic heterocycles. The molecule has 0 atom stereocenters. The highest BCUT2D eigenvalue weighted by Crippen LogP contribution is 2.15. The van der Waals surface area contributed by atoms with Crippen molar-refractivity contribution >= 4 is 11.7 Å². The van der Waals surface area contributed by atoms with E-state index in [-0.39, 0.29) is 5.56 Å². The number of amides is 1. The van der Waals surface area contributed by atoms with Crippen LogP contribution in [0.2, 0.25) is 0 Å². The topological polar surface area (TPSA) is 46.2 Å². The first-order valence-electron chi connectivity index (χ1n) is 4.75. The summed E-state index contributed by atoms with van der Waals surface area (Å²) in [7, 11) is 0. The first-order chi connectivity index (χ1) is 7.80. The molecule has 1 amide bonds. The van der Waals surface area contributed by atoms with Gasteiger partial charge >= 0.3 is 6.18 Å². The minimum atomic E-state index is -4.92. The van der Waals surface area contributed by atoms with Crippen LogP contribution in [-0.4, -0.2) is 24.4 Å². The van der Waals surface area contributed by atoms with Crippen molar-refractivity contribution in [2.75, 3.05) is 6.54 Å². The highest BCUT2D eigenvalue weighted by Gasteiger charge is 2.37. The van der Waals surface area contributed by atoms with Gasteiger partial charge in [0.15, 0.2) is 0 Å². The van der Waals surface area contributed by atoms with E-state index in [1.165, 1.54) is 12.1 Å². The number of ketones is 1. The Bertz CT molecular complexity index is 423. The van der Waals surface area contributed by atoms with Crippen LogP contribution in [0.3, 0.4) is 0 Å². The van der Waals surface area contributed by atoms with Crippen LogP contribution >= 0.6 is 0 Å². The number of Topliss-reactive ketones (excluding diaryl/α,β-unsaturated/α-hetero) is 1. The summed E-state index contributed by atoms with van der Waals surface area (Å²) in [6.07, 6.45) is -4.92. The summed E-state index contributed by atoms with van der Waals surface area (Å²) >= 11 is 0. The van der Waals surface area contributed by atoms with Crippen LogP contribution in [0.4, 0.5) is 13.2 Å². The zero-order valence-electron chi connectivity index (χ0n) is 8.97. The average Bonchev–Trinajstić information content (AvgIpc) is 2.25. The lowest BCUT2D eigenvalue weighted by Gasteiger charge is -2.07. The van der Waals surface area contributed by atoms with Gasteiger partial charge in [-0.3, -0.25) is 9.59 Å². The molecule has 0 radical (unpaired) electrons. The number of carbonyl (C=O) groups excluding carboxylic acids is 2. The molecule has 17 heavy (non-hydrogen) atoms. The number of hydrogen-bond donors (Lipinski definition) is 1. The fraction of sp³-hybridized carbons (Fsp3) is 0.273. The number of benzene rings is 1. The quantitative estimate of drug-likeness (QED) is 0.883. The Labute approximate surface area is 95.6 Å². The fourth-order valence-corrected chi connectivity index (χ4v) is 1.07. The van der Waals surface area contributed by atoms with Crippen LogP contribution in [-0.2, 0) is 4.79 Å². The van der Waals surface area contributed by atoms with Crippen molar-refractivity contribution in [1.29, 1.82) is 0 Å². The van der Waals surface area contributed by atoms with Crippen molar-refractivity contribution in [2.45, 2.75) is 13.1 Å². The first-order valence-corrected chi connectivity index (χ1v) is 4.75. The molecule has 0 aliphatic heterocycles. The Hall–Kier alpha value is -1.85. The van der Waals surface area contributed by atoms with E-state index < -0.39 is 24.4 Å². The van der Waals surface area contributed by atoms with Gasteiger partial charge in [0.2, 0.25) is 0 Å². The van der Waals surface area contributed by atoms with Gasteiger partial charge in [-0.25, -0.2) is 0 Å². The third kappa shape index (κ3) is 3.90. The SMILES string of the molecule is Cc1ccc(C(=O)NCC(=O)C(F)(F)F)cc1. The fourth-order valence-electron chi connectivity index (χ4n) is 1.07. The molecule has 0 aliphatic rings. The van der Waals surface area contributed by atoms with E-state index in [2.05, 4.69) is 0 Å². The number of nitrogens with one attached hydrogen (secondary N) is 1. The zero-order valence-corrected chi connectivity index (χ0v) is 8.97. The van der Waals surface area contributed by atoms with Gasteiger partial charge in [0.1, 0.15) is 0 Å². The van der Waals surface area contributed by atoms with E-state index in [9.17, 15) is 22.8 Å². The standard InChI is InChI=1S/C11H10F3NO2/c1-7-2-4-8(5-3-7)10(17)15-6-9(16)11(12,13)14/h2-5H,6H2,1H3,(H,15,17). The van der Waals surface area contributed by atoms with Crippen LogP contribution in [0, 0.1) is 6.92 Å². The molecule has 3 nitrogen and oxygen atoms in total. The van der Waals surface area contributed by atoms with Crippen molar-refractivity contribution in [1.82, 2.24) is 5.32 Å². The largest absolute Gasteiger partial charge is 0.451 e. The predicted molar refractivity (Wildman–Crippen MR) is 54.6 cm³/mol. The van der Waals surface area contributed by atoms with E-state index >= 15 is 0 Å². The molecule has 1 aromatic carbocycles. The Kier molecular flexibility index (Phi) is 3.88. The Morgan fingerprint density at radius 2 is 1.71 bits per heavy atom. The number of aryl methyl sites for hydroxylation is 1. The lowest BCUT2D eigenvalue weighted by molar-refractivity contribution is -0.169. The van der Waals surface area contributed by atoms with Crippen molar-refractivity contribution in [3.05, 3.63) is 35.4 Å². The summed E-state index contributed by atoms with van der Waals surface area (Å²) in [5.74, 6) is -2.68. The van der Waals surface area contributed by atoms with Gasteiger partial charge in [-0.1, -0.05) is 17.7 Å². The highest BCUT2D eigenvalue weighted by atomic mass is 19.4. The van der Waals surface area contributed by atoms with Gasteiger partial charge in [-0.15, -0.1) is 0 Å². The molecule has 0 unspecified atom stereocenters. The minimum Gasteiger partial charge on any atom is -0.345 e. The minimum absolute atomic E-state index is 0.213. The molecule has 92 valence electrons. The monoisotopic (exact) mass is 245 g/mol. The lowest BCUT2D eigenvalue weighted by Crippen LogP contribution is -2.36. The van der Waals surface area contributed by atoms with Crippen LogP contribution in [0.25, 0.3) is 0 Å². The van der Waals surface area contributed by atoms with E-state index in [1.54, 1.807) is 12.1 Å². The van der Waals surface area contributed by atoms with Gasteiger partial charge in [0.05, 0.1) is 6.54 Å². The van der Waals surface area contributed by atoms with E-state index in [0.29, 0.717) is 0 Å². The van der Waals surface area contributed by atoms with Crippen molar-refractivity contribution in [3.8, 4) is 0 Å². The van der Waals surface area contributed by atoms with Gasteiger partial charge in [-0.2, -0.15) is 13.2 Å². The van der Waals surface area contributed by atoms with Crippen molar-refractivity contribution in [2.24, 2.45) is 0 Å².